The molecule has 5 nitrogen and oxygen atoms in total. The molecular weight excluding hydrogens is 410 g/mol. The Morgan fingerprint density at radius 3 is 2.70 bits per heavy atom. The van der Waals surface area contributed by atoms with Crippen molar-refractivity contribution in [1.82, 2.24) is 4.98 Å². The lowest BCUT2D eigenvalue weighted by Gasteiger charge is -2.35. The van der Waals surface area contributed by atoms with Crippen LogP contribution < -0.4 is 4.74 Å². The third kappa shape index (κ3) is 4.35. The molecule has 4 rings (SSSR count). The zero-order chi connectivity index (χ0) is 18.7. The zero-order valence-electron chi connectivity index (χ0n) is 15.4. The Morgan fingerprint density at radius 2 is 2.00 bits per heavy atom. The fourth-order valence-electron chi connectivity index (χ4n) is 3.52. The van der Waals surface area contributed by atoms with E-state index in [0.29, 0.717) is 19.8 Å². The molecule has 6 heteroatoms. The third-order valence-electron chi connectivity index (χ3n) is 5.29. The van der Waals surface area contributed by atoms with Crippen LogP contribution in [0.15, 0.2) is 47.1 Å². The second-order valence-corrected chi connectivity index (χ2v) is 7.95. The highest BCUT2D eigenvalue weighted by atomic mass is 79.9. The zero-order valence-corrected chi connectivity index (χ0v) is 17.0. The summed E-state index contributed by atoms with van der Waals surface area (Å²) in [5.41, 5.74) is 1.57. The lowest BCUT2D eigenvalue weighted by atomic mass is 9.91. The van der Waals surface area contributed by atoms with Gasteiger partial charge in [0.2, 0.25) is 0 Å². The molecule has 1 atom stereocenters. The molecule has 2 aromatic rings. The first-order valence-corrected chi connectivity index (χ1v) is 10.1. The second kappa shape index (κ2) is 8.27. The number of rotatable bonds is 7. The fourth-order valence-corrected chi connectivity index (χ4v) is 3.94. The number of halogens is 1. The summed E-state index contributed by atoms with van der Waals surface area (Å²) in [7, 11) is 1.71. The van der Waals surface area contributed by atoms with E-state index in [4.69, 9.17) is 18.9 Å². The van der Waals surface area contributed by atoms with E-state index in [0.717, 1.165) is 35.3 Å². The van der Waals surface area contributed by atoms with Gasteiger partial charge < -0.3 is 18.9 Å². The number of pyridine rings is 1. The summed E-state index contributed by atoms with van der Waals surface area (Å²) in [6, 6.07) is 14.1. The number of benzene rings is 1. The first-order chi connectivity index (χ1) is 13.2. The predicted octanol–water partition coefficient (Wildman–Crippen LogP) is 4.23. The third-order valence-corrected chi connectivity index (χ3v) is 5.70. The van der Waals surface area contributed by atoms with E-state index in [2.05, 4.69) is 33.0 Å². The van der Waals surface area contributed by atoms with Crippen LogP contribution in [0.1, 0.15) is 30.5 Å². The Morgan fingerprint density at radius 1 is 1.19 bits per heavy atom. The van der Waals surface area contributed by atoms with Crippen molar-refractivity contribution in [3.8, 4) is 5.75 Å². The van der Waals surface area contributed by atoms with Crippen LogP contribution in [0.4, 0.5) is 0 Å². The normalized spacial score (nSPS) is 27.3. The Labute approximate surface area is 168 Å². The largest absolute Gasteiger partial charge is 0.490 e. The van der Waals surface area contributed by atoms with Gasteiger partial charge in [0.25, 0.3) is 0 Å². The van der Waals surface area contributed by atoms with Gasteiger partial charge >= 0.3 is 0 Å². The van der Waals surface area contributed by atoms with Crippen molar-refractivity contribution in [3.63, 3.8) is 0 Å². The maximum Gasteiger partial charge on any atom is 0.135 e. The molecule has 0 unspecified atom stereocenters. The summed E-state index contributed by atoms with van der Waals surface area (Å²) in [6.45, 7) is 1.85. The lowest BCUT2D eigenvalue weighted by molar-refractivity contribution is -0.0686. The number of nitrogens with zero attached hydrogens (tertiary/aromatic N) is 1. The summed E-state index contributed by atoms with van der Waals surface area (Å²) >= 11 is 3.49. The van der Waals surface area contributed by atoms with Crippen molar-refractivity contribution in [1.29, 1.82) is 0 Å². The molecule has 144 valence electrons. The number of ether oxygens (including phenoxy) is 4. The van der Waals surface area contributed by atoms with Crippen molar-refractivity contribution in [2.75, 3.05) is 20.3 Å². The first kappa shape index (κ1) is 18.9. The standard InChI is InChI=1S/C21H24BrNO4/c1-24-21(7-8-25-14-21)19-11-18(12-20(22)23-19)27-17-9-16(10-17)26-13-15-5-3-2-4-6-15/h2-6,11-12,16-17H,7-10,13-14H2,1H3/t16?,17?,21-/m1/s1. The Bertz CT molecular complexity index is 758. The lowest BCUT2D eigenvalue weighted by Crippen LogP contribution is -2.39. The molecule has 1 aromatic heterocycles. The van der Waals surface area contributed by atoms with Crippen LogP contribution in [0.2, 0.25) is 0 Å². The number of hydrogen-bond donors (Lipinski definition) is 0. The molecule has 0 spiro atoms. The SMILES string of the molecule is CO[C@]1(c2cc(OC3CC(OCc4ccccc4)C3)cc(Br)n2)CCOC1. The van der Waals surface area contributed by atoms with E-state index in [1.807, 2.05) is 30.3 Å². The molecule has 0 N–H and O–H groups in total. The van der Waals surface area contributed by atoms with Gasteiger partial charge in [-0.1, -0.05) is 30.3 Å². The van der Waals surface area contributed by atoms with Crippen LogP contribution in [0.3, 0.4) is 0 Å². The van der Waals surface area contributed by atoms with Crippen LogP contribution in [0.5, 0.6) is 5.75 Å². The van der Waals surface area contributed by atoms with Gasteiger partial charge in [-0.2, -0.15) is 0 Å². The van der Waals surface area contributed by atoms with Crippen molar-refractivity contribution in [2.45, 2.75) is 43.7 Å². The summed E-state index contributed by atoms with van der Waals surface area (Å²) in [4.78, 5) is 4.59. The van der Waals surface area contributed by atoms with E-state index in [9.17, 15) is 0 Å². The molecule has 1 saturated heterocycles. The highest BCUT2D eigenvalue weighted by Crippen LogP contribution is 2.36. The molecule has 0 amide bonds. The average molecular weight is 434 g/mol. The number of hydrogen-bond acceptors (Lipinski definition) is 5. The topological polar surface area (TPSA) is 49.8 Å². The quantitative estimate of drug-likeness (QED) is 0.611. The van der Waals surface area contributed by atoms with Gasteiger partial charge in [-0.25, -0.2) is 4.98 Å². The summed E-state index contributed by atoms with van der Waals surface area (Å²) < 4.78 is 24.1. The molecule has 0 radical (unpaired) electrons. The molecule has 1 aliphatic heterocycles. The van der Waals surface area contributed by atoms with Crippen molar-refractivity contribution >= 4 is 15.9 Å². The molecule has 0 bridgehead atoms. The van der Waals surface area contributed by atoms with Crippen LogP contribution in [0.25, 0.3) is 0 Å². The van der Waals surface area contributed by atoms with Crippen molar-refractivity contribution in [2.24, 2.45) is 0 Å². The van der Waals surface area contributed by atoms with Crippen LogP contribution in [-0.4, -0.2) is 37.5 Å². The summed E-state index contributed by atoms with van der Waals surface area (Å²) in [6.07, 6.45) is 3.03. The van der Waals surface area contributed by atoms with Crippen LogP contribution in [0, 0.1) is 0 Å². The molecule has 1 aliphatic carbocycles. The van der Waals surface area contributed by atoms with E-state index in [-0.39, 0.29) is 12.2 Å². The maximum atomic E-state index is 6.16. The minimum absolute atomic E-state index is 0.172. The van der Waals surface area contributed by atoms with E-state index >= 15 is 0 Å². The molecule has 2 aliphatic rings. The van der Waals surface area contributed by atoms with Gasteiger partial charge in [-0.05, 0) is 21.5 Å². The molecule has 1 aromatic carbocycles. The van der Waals surface area contributed by atoms with Gasteiger partial charge in [-0.3, -0.25) is 0 Å². The van der Waals surface area contributed by atoms with Gasteiger partial charge in [0.05, 0.1) is 25.0 Å². The minimum atomic E-state index is -0.483. The van der Waals surface area contributed by atoms with Crippen molar-refractivity contribution < 1.29 is 18.9 Å². The first-order valence-electron chi connectivity index (χ1n) is 9.30. The number of aromatic nitrogens is 1. The van der Waals surface area contributed by atoms with E-state index in [1.165, 1.54) is 5.56 Å². The molecule has 27 heavy (non-hydrogen) atoms. The summed E-state index contributed by atoms with van der Waals surface area (Å²) in [5.74, 6) is 0.807. The molecule has 1 saturated carbocycles. The van der Waals surface area contributed by atoms with Crippen LogP contribution >= 0.6 is 15.9 Å². The van der Waals surface area contributed by atoms with Gasteiger partial charge in [0.1, 0.15) is 22.1 Å². The monoisotopic (exact) mass is 433 g/mol. The highest BCUT2D eigenvalue weighted by molar-refractivity contribution is 9.10. The Balaban J connectivity index is 1.33. The number of methoxy groups -OCH3 is 1. The Kier molecular flexibility index (Phi) is 5.78. The van der Waals surface area contributed by atoms with Gasteiger partial charge in [0.15, 0.2) is 0 Å². The molecule has 2 fully saturated rings. The van der Waals surface area contributed by atoms with Crippen LogP contribution in [-0.2, 0) is 26.4 Å². The van der Waals surface area contributed by atoms with E-state index in [1.54, 1.807) is 7.11 Å². The maximum absolute atomic E-state index is 6.16. The molecular formula is C21H24BrNO4. The smallest absolute Gasteiger partial charge is 0.135 e. The summed E-state index contributed by atoms with van der Waals surface area (Å²) in [5, 5.41) is 0. The van der Waals surface area contributed by atoms with E-state index < -0.39 is 5.60 Å². The van der Waals surface area contributed by atoms with Gasteiger partial charge in [-0.15, -0.1) is 0 Å². The minimum Gasteiger partial charge on any atom is -0.490 e. The average Bonchev–Trinajstić information content (AvgIpc) is 3.14. The predicted molar refractivity (Wildman–Crippen MR) is 105 cm³/mol. The highest BCUT2D eigenvalue weighted by Gasteiger charge is 2.39. The fraction of sp³-hybridized carbons (Fsp3) is 0.476. The van der Waals surface area contributed by atoms with Crippen molar-refractivity contribution in [3.05, 3.63) is 58.3 Å². The second-order valence-electron chi connectivity index (χ2n) is 7.14. The molecule has 2 heterocycles. The van der Waals surface area contributed by atoms with Gasteiger partial charge in [0, 0.05) is 45.1 Å². The Hall–Kier alpha value is -1.47.